The summed E-state index contributed by atoms with van der Waals surface area (Å²) in [6, 6.07) is 4.88. The summed E-state index contributed by atoms with van der Waals surface area (Å²) in [5.74, 6) is -4.14. The van der Waals surface area contributed by atoms with E-state index >= 15 is 0 Å². The van der Waals surface area contributed by atoms with E-state index in [0.717, 1.165) is 0 Å². The summed E-state index contributed by atoms with van der Waals surface area (Å²) in [6.45, 7) is -0.254. The number of aliphatic carboxylic acids is 2. The van der Waals surface area contributed by atoms with E-state index in [-0.39, 0.29) is 6.54 Å². The van der Waals surface area contributed by atoms with Gasteiger partial charge in [0, 0.05) is 12.7 Å². The van der Waals surface area contributed by atoms with Crippen molar-refractivity contribution in [2.45, 2.75) is 6.42 Å². The molecule has 0 fully saturated rings. The third kappa shape index (κ3) is 3.35. The fourth-order valence-corrected chi connectivity index (χ4v) is 1.91. The second-order valence-electron chi connectivity index (χ2n) is 4.43. The van der Waals surface area contributed by atoms with Crippen LogP contribution in [0.1, 0.15) is 16.8 Å². The molecule has 21 heavy (non-hydrogen) atoms. The van der Waals surface area contributed by atoms with Gasteiger partial charge in [0.05, 0.1) is 29.6 Å². The van der Waals surface area contributed by atoms with Crippen LogP contribution in [0.2, 0.25) is 0 Å². The monoisotopic (exact) mass is 291 g/mol. The van der Waals surface area contributed by atoms with Crippen molar-refractivity contribution in [3.8, 4) is 0 Å². The number of rotatable bonds is 6. The Kier molecular flexibility index (Phi) is 4.17. The molecule has 0 spiro atoms. The lowest BCUT2D eigenvalue weighted by molar-refractivity contribution is -0.148. The number of nitrogens with one attached hydrogen (secondary N) is 1. The molecule has 0 bridgehead atoms. The number of aromatic nitrogens is 2. The van der Waals surface area contributed by atoms with Gasteiger partial charge in [-0.2, -0.15) is 5.10 Å². The molecule has 8 nitrogen and oxygen atoms in total. The van der Waals surface area contributed by atoms with Crippen molar-refractivity contribution in [3.05, 3.63) is 36.2 Å². The molecule has 0 radical (unpaired) electrons. The van der Waals surface area contributed by atoms with E-state index in [4.69, 9.17) is 10.2 Å². The highest BCUT2D eigenvalue weighted by molar-refractivity contribution is 6.00. The van der Waals surface area contributed by atoms with E-state index in [1.165, 1.54) is 10.7 Å². The molecule has 0 aliphatic rings. The molecule has 3 N–H and O–H groups in total. The molecule has 8 heteroatoms. The summed E-state index contributed by atoms with van der Waals surface area (Å²) in [5, 5.41) is 24.0. The summed E-state index contributed by atoms with van der Waals surface area (Å²) in [7, 11) is 0. The van der Waals surface area contributed by atoms with E-state index in [1.54, 1.807) is 24.4 Å². The summed E-state index contributed by atoms with van der Waals surface area (Å²) in [6.07, 6.45) is 2.67. The molecule has 110 valence electrons. The number of hydrogen-bond acceptors (Lipinski definition) is 4. The zero-order valence-electron chi connectivity index (χ0n) is 10.9. The first kappa shape index (κ1) is 14.5. The summed E-state index contributed by atoms with van der Waals surface area (Å²) in [5.41, 5.74) is 0.926. The van der Waals surface area contributed by atoms with Crippen LogP contribution >= 0.6 is 0 Å². The van der Waals surface area contributed by atoms with E-state index in [2.05, 4.69) is 10.4 Å². The van der Waals surface area contributed by atoms with Gasteiger partial charge in [-0.25, -0.2) is 4.52 Å². The maximum absolute atomic E-state index is 12.1. The Bertz CT molecular complexity index is 694. The average Bonchev–Trinajstić information content (AvgIpc) is 2.90. The first-order valence-electron chi connectivity index (χ1n) is 6.14. The molecule has 1 unspecified atom stereocenters. The molecule has 2 rings (SSSR count). The first-order chi connectivity index (χ1) is 9.99. The predicted octanol–water partition coefficient (Wildman–Crippen LogP) is 0.240. The highest BCUT2D eigenvalue weighted by Crippen LogP contribution is 2.10. The maximum atomic E-state index is 12.1. The zero-order valence-corrected chi connectivity index (χ0v) is 10.9. The Hall–Kier alpha value is -2.90. The summed E-state index contributed by atoms with van der Waals surface area (Å²) in [4.78, 5) is 33.6. The molecule has 0 saturated heterocycles. The lowest BCUT2D eigenvalue weighted by Gasteiger charge is -2.11. The Balaban J connectivity index is 2.09. The second kappa shape index (κ2) is 6.04. The molecule has 0 aliphatic heterocycles. The van der Waals surface area contributed by atoms with Gasteiger partial charge in [-0.05, 0) is 18.2 Å². The van der Waals surface area contributed by atoms with Crippen molar-refractivity contribution in [2.24, 2.45) is 5.92 Å². The van der Waals surface area contributed by atoms with Crippen molar-refractivity contribution in [3.63, 3.8) is 0 Å². The zero-order chi connectivity index (χ0) is 15.4. The quantitative estimate of drug-likeness (QED) is 0.701. The fourth-order valence-electron chi connectivity index (χ4n) is 1.91. The van der Waals surface area contributed by atoms with Crippen molar-refractivity contribution in [1.29, 1.82) is 0 Å². The Morgan fingerprint density at radius 3 is 2.71 bits per heavy atom. The molecule has 2 aromatic heterocycles. The fraction of sp³-hybridized carbons (Fsp3) is 0.231. The highest BCUT2D eigenvalue weighted by Gasteiger charge is 2.22. The highest BCUT2D eigenvalue weighted by atomic mass is 16.4. The van der Waals surface area contributed by atoms with Gasteiger partial charge < -0.3 is 15.5 Å². The maximum Gasteiger partial charge on any atom is 0.308 e. The van der Waals surface area contributed by atoms with Crippen LogP contribution in [0.15, 0.2) is 30.6 Å². The number of fused-ring (bicyclic) bond motifs is 1. The smallest absolute Gasteiger partial charge is 0.308 e. The average molecular weight is 291 g/mol. The molecule has 0 aromatic carbocycles. The Morgan fingerprint density at radius 2 is 2.05 bits per heavy atom. The van der Waals surface area contributed by atoms with Gasteiger partial charge in [0.2, 0.25) is 0 Å². The standard InChI is InChI=1S/C13H13N3O5/c17-11(18)6-8(13(20)21)7-14-12(19)9-2-1-5-16-10(9)3-4-15-16/h1-5,8H,6-7H2,(H,14,19)(H,17,18)(H,20,21). The van der Waals surface area contributed by atoms with Gasteiger partial charge in [0.15, 0.2) is 0 Å². The number of nitrogens with zero attached hydrogens (tertiary/aromatic N) is 2. The van der Waals surface area contributed by atoms with Crippen LogP contribution in [0.5, 0.6) is 0 Å². The van der Waals surface area contributed by atoms with Gasteiger partial charge in [-0.1, -0.05) is 0 Å². The number of hydrogen-bond donors (Lipinski definition) is 3. The van der Waals surface area contributed by atoms with Crippen molar-refractivity contribution < 1.29 is 24.6 Å². The predicted molar refractivity (Wildman–Crippen MR) is 70.9 cm³/mol. The van der Waals surface area contributed by atoms with Gasteiger partial charge in [-0.15, -0.1) is 0 Å². The number of carbonyl (C=O) groups excluding carboxylic acids is 1. The minimum atomic E-state index is -1.26. The van der Waals surface area contributed by atoms with Crippen molar-refractivity contribution >= 4 is 23.4 Å². The van der Waals surface area contributed by atoms with Gasteiger partial charge in [0.1, 0.15) is 0 Å². The number of carboxylic acid groups (broad SMARTS) is 2. The van der Waals surface area contributed by atoms with E-state index in [9.17, 15) is 14.4 Å². The van der Waals surface area contributed by atoms with Gasteiger partial charge >= 0.3 is 11.9 Å². The molecule has 0 aliphatic carbocycles. The van der Waals surface area contributed by atoms with Crippen molar-refractivity contribution in [2.75, 3.05) is 6.54 Å². The van der Waals surface area contributed by atoms with Crippen LogP contribution in [-0.4, -0.2) is 44.2 Å². The molecular formula is C13H13N3O5. The first-order valence-corrected chi connectivity index (χ1v) is 6.14. The van der Waals surface area contributed by atoms with Crippen LogP contribution in [0.4, 0.5) is 0 Å². The number of carboxylic acids is 2. The van der Waals surface area contributed by atoms with Crippen LogP contribution < -0.4 is 5.32 Å². The van der Waals surface area contributed by atoms with E-state index in [0.29, 0.717) is 11.1 Å². The number of pyridine rings is 1. The van der Waals surface area contributed by atoms with Crippen LogP contribution in [-0.2, 0) is 9.59 Å². The largest absolute Gasteiger partial charge is 0.481 e. The third-order valence-corrected chi connectivity index (χ3v) is 2.96. The molecule has 1 amide bonds. The van der Waals surface area contributed by atoms with Gasteiger partial charge in [-0.3, -0.25) is 14.4 Å². The Morgan fingerprint density at radius 1 is 1.29 bits per heavy atom. The summed E-state index contributed by atoms with van der Waals surface area (Å²) < 4.78 is 1.51. The van der Waals surface area contributed by atoms with Crippen LogP contribution in [0.25, 0.3) is 5.52 Å². The van der Waals surface area contributed by atoms with Crippen LogP contribution in [0, 0.1) is 5.92 Å². The second-order valence-corrected chi connectivity index (χ2v) is 4.43. The normalized spacial score (nSPS) is 12.0. The molecular weight excluding hydrogens is 278 g/mol. The molecule has 2 heterocycles. The SMILES string of the molecule is O=C(O)CC(CNC(=O)c1cccn2nccc12)C(=O)O. The van der Waals surface area contributed by atoms with Crippen molar-refractivity contribution in [1.82, 2.24) is 14.9 Å². The molecule has 2 aromatic rings. The third-order valence-electron chi connectivity index (χ3n) is 2.96. The summed E-state index contributed by atoms with van der Waals surface area (Å²) >= 11 is 0. The minimum Gasteiger partial charge on any atom is -0.481 e. The topological polar surface area (TPSA) is 121 Å². The Labute approximate surface area is 119 Å². The van der Waals surface area contributed by atoms with Crippen LogP contribution in [0.3, 0.4) is 0 Å². The van der Waals surface area contributed by atoms with E-state index < -0.39 is 30.2 Å². The number of amides is 1. The number of carbonyl (C=O) groups is 3. The van der Waals surface area contributed by atoms with E-state index in [1.807, 2.05) is 0 Å². The molecule has 0 saturated carbocycles. The lowest BCUT2D eigenvalue weighted by Crippen LogP contribution is -2.34. The minimum absolute atomic E-state index is 0.254. The molecule has 1 atom stereocenters. The lowest BCUT2D eigenvalue weighted by atomic mass is 10.1. The van der Waals surface area contributed by atoms with Gasteiger partial charge in [0.25, 0.3) is 5.91 Å².